The largest absolute Gasteiger partial charge is 0.454 e. The summed E-state index contributed by atoms with van der Waals surface area (Å²) in [4.78, 5) is 17.9. The van der Waals surface area contributed by atoms with Gasteiger partial charge in [0, 0.05) is 32.7 Å². The third kappa shape index (κ3) is 5.31. The number of nitrogens with zero attached hydrogens (tertiary/aromatic N) is 2. The maximum absolute atomic E-state index is 13.3. The molecule has 1 unspecified atom stereocenters. The number of fused-ring (bicyclic) bond motifs is 1. The number of carbonyl (C=O) groups is 1. The second-order valence-electron chi connectivity index (χ2n) is 8.92. The Morgan fingerprint density at radius 3 is 2.27 bits per heavy atom. The molecule has 0 aromatic heterocycles. The van der Waals surface area contributed by atoms with Crippen LogP contribution in [0.5, 0.6) is 11.5 Å². The lowest BCUT2D eigenvalue weighted by Gasteiger charge is -2.42. The first-order chi connectivity index (χ1) is 15.1. The van der Waals surface area contributed by atoms with Crippen molar-refractivity contribution in [2.75, 3.05) is 39.5 Å². The monoisotopic (exact) mass is 494 g/mol. The average molecular weight is 495 g/mol. The van der Waals surface area contributed by atoms with Crippen LogP contribution in [0.2, 0.25) is 0 Å². The molecule has 1 saturated carbocycles. The van der Waals surface area contributed by atoms with Gasteiger partial charge in [0.2, 0.25) is 6.79 Å². The number of benzene rings is 2. The summed E-state index contributed by atoms with van der Waals surface area (Å²) in [7, 11) is 0. The summed E-state index contributed by atoms with van der Waals surface area (Å²) in [6.45, 7) is 4.90. The van der Waals surface area contributed by atoms with Crippen LogP contribution in [-0.2, 0) is 16.9 Å². The van der Waals surface area contributed by atoms with E-state index in [1.54, 1.807) is 0 Å². The molecule has 6 nitrogen and oxygen atoms in total. The summed E-state index contributed by atoms with van der Waals surface area (Å²) in [6, 6.07) is 15.6. The van der Waals surface area contributed by atoms with Gasteiger partial charge in [0.1, 0.15) is 0 Å². The van der Waals surface area contributed by atoms with Gasteiger partial charge < -0.3 is 14.6 Å². The highest BCUT2D eigenvalue weighted by molar-refractivity contribution is 5.90. The van der Waals surface area contributed by atoms with Gasteiger partial charge >= 0.3 is 0 Å². The number of aliphatic hydroxyl groups is 1. The number of rotatable bonds is 7. The summed E-state index contributed by atoms with van der Waals surface area (Å²) in [5.41, 5.74) is 0.590. The number of ether oxygens (including phenoxy) is 2. The van der Waals surface area contributed by atoms with E-state index in [2.05, 4.69) is 21.9 Å². The molecule has 1 N–H and O–H groups in total. The molecule has 2 aromatic rings. The van der Waals surface area contributed by atoms with Gasteiger partial charge in [-0.1, -0.05) is 42.8 Å². The van der Waals surface area contributed by atoms with Gasteiger partial charge in [-0.05, 0) is 42.0 Å². The fourth-order valence-electron chi connectivity index (χ4n) is 4.87. The number of carbonyl (C=O) groups excluding carboxylic acids is 1. The van der Waals surface area contributed by atoms with Crippen molar-refractivity contribution in [3.8, 4) is 11.5 Å². The highest BCUT2D eigenvalue weighted by Gasteiger charge is 2.47. The molecule has 2 aliphatic heterocycles. The first-order valence-electron chi connectivity index (χ1n) is 11.3. The topological polar surface area (TPSA) is 62.2 Å². The number of piperazine rings is 1. The van der Waals surface area contributed by atoms with E-state index in [-0.39, 0.29) is 36.5 Å². The van der Waals surface area contributed by atoms with Gasteiger partial charge in [0.05, 0.1) is 6.54 Å². The summed E-state index contributed by atoms with van der Waals surface area (Å²) in [5, 5.41) is 11.5. The molecule has 0 amide bonds. The van der Waals surface area contributed by atoms with Crippen molar-refractivity contribution in [3.63, 3.8) is 0 Å². The second-order valence-corrected chi connectivity index (χ2v) is 8.92. The molecule has 1 saturated heterocycles. The van der Waals surface area contributed by atoms with E-state index in [4.69, 9.17) is 9.47 Å². The minimum absolute atomic E-state index is 0. The van der Waals surface area contributed by atoms with Gasteiger partial charge in [-0.2, -0.15) is 0 Å². The maximum Gasteiger partial charge on any atom is 0.231 e. The molecule has 0 spiro atoms. The Kier molecular flexibility index (Phi) is 8.65. The SMILES string of the molecule is Cl.Cl.O=C(CN1CCN(Cc2ccc3c(c2)OCO3)CC1)C(O)(c1ccccc1)C1CCC1. The van der Waals surface area contributed by atoms with E-state index in [0.717, 1.165) is 69.0 Å². The molecular formula is C25H32Cl2N2O4. The predicted molar refractivity (Wildman–Crippen MR) is 131 cm³/mol. The van der Waals surface area contributed by atoms with Crippen molar-refractivity contribution in [2.24, 2.45) is 5.92 Å². The molecule has 0 bridgehead atoms. The van der Waals surface area contributed by atoms with Crippen molar-refractivity contribution in [1.82, 2.24) is 9.80 Å². The van der Waals surface area contributed by atoms with Crippen molar-refractivity contribution in [2.45, 2.75) is 31.4 Å². The zero-order chi connectivity index (χ0) is 21.3. The van der Waals surface area contributed by atoms with E-state index >= 15 is 0 Å². The van der Waals surface area contributed by atoms with Crippen molar-refractivity contribution in [3.05, 3.63) is 59.7 Å². The molecule has 1 atom stereocenters. The van der Waals surface area contributed by atoms with Crippen LogP contribution in [0.25, 0.3) is 0 Å². The fraction of sp³-hybridized carbons (Fsp3) is 0.480. The molecule has 5 rings (SSSR count). The van der Waals surface area contributed by atoms with E-state index in [0.29, 0.717) is 13.3 Å². The number of hydrogen-bond donors (Lipinski definition) is 1. The first-order valence-corrected chi connectivity index (χ1v) is 11.3. The number of Topliss-reactive ketones (excluding diaryl/α,β-unsaturated/α-hetero) is 1. The Labute approximate surface area is 207 Å². The quantitative estimate of drug-likeness (QED) is 0.633. The fourth-order valence-corrected chi connectivity index (χ4v) is 4.87. The minimum atomic E-state index is -1.36. The zero-order valence-corrected chi connectivity index (χ0v) is 20.3. The van der Waals surface area contributed by atoms with Gasteiger partial charge in [-0.15, -0.1) is 24.8 Å². The van der Waals surface area contributed by atoms with E-state index < -0.39 is 5.60 Å². The molecular weight excluding hydrogens is 463 g/mol. The van der Waals surface area contributed by atoms with Crippen LogP contribution in [0.15, 0.2) is 48.5 Å². The normalized spacial score (nSPS) is 20.2. The zero-order valence-electron chi connectivity index (χ0n) is 18.7. The van der Waals surface area contributed by atoms with Crippen LogP contribution in [0.3, 0.4) is 0 Å². The Bertz CT molecular complexity index is 933. The summed E-state index contributed by atoms with van der Waals surface area (Å²) < 4.78 is 10.9. The molecule has 2 aromatic carbocycles. The van der Waals surface area contributed by atoms with E-state index in [1.807, 2.05) is 36.4 Å². The highest BCUT2D eigenvalue weighted by atomic mass is 35.5. The van der Waals surface area contributed by atoms with Gasteiger partial charge in [0.15, 0.2) is 22.9 Å². The summed E-state index contributed by atoms with van der Waals surface area (Å²) in [5.74, 6) is 1.60. The van der Waals surface area contributed by atoms with Crippen LogP contribution in [-0.4, -0.2) is 60.2 Å². The lowest BCUT2D eigenvalue weighted by atomic mass is 9.67. The van der Waals surface area contributed by atoms with Crippen molar-refractivity contribution >= 4 is 30.6 Å². The Hall–Kier alpha value is -1.83. The number of halogens is 2. The van der Waals surface area contributed by atoms with Crippen LogP contribution in [0.4, 0.5) is 0 Å². The highest BCUT2D eigenvalue weighted by Crippen LogP contribution is 2.43. The minimum Gasteiger partial charge on any atom is -0.454 e. The molecule has 0 radical (unpaired) electrons. The molecule has 180 valence electrons. The predicted octanol–water partition coefficient (Wildman–Crippen LogP) is 3.63. The molecule has 2 fully saturated rings. The lowest BCUT2D eigenvalue weighted by molar-refractivity contribution is -0.151. The average Bonchev–Trinajstić information content (AvgIpc) is 3.22. The molecule has 33 heavy (non-hydrogen) atoms. The van der Waals surface area contributed by atoms with Gasteiger partial charge in [0.25, 0.3) is 0 Å². The van der Waals surface area contributed by atoms with Gasteiger partial charge in [-0.3, -0.25) is 14.6 Å². The van der Waals surface area contributed by atoms with Crippen molar-refractivity contribution in [1.29, 1.82) is 0 Å². The molecule has 1 aliphatic carbocycles. The van der Waals surface area contributed by atoms with E-state index in [1.165, 1.54) is 5.56 Å². The Morgan fingerprint density at radius 2 is 1.61 bits per heavy atom. The maximum atomic E-state index is 13.3. The number of hydrogen-bond acceptors (Lipinski definition) is 6. The van der Waals surface area contributed by atoms with Crippen LogP contribution < -0.4 is 9.47 Å². The third-order valence-electron chi connectivity index (χ3n) is 7.01. The van der Waals surface area contributed by atoms with Crippen LogP contribution >= 0.6 is 24.8 Å². The Morgan fingerprint density at radius 1 is 0.939 bits per heavy atom. The van der Waals surface area contributed by atoms with Crippen LogP contribution in [0, 0.1) is 5.92 Å². The lowest BCUT2D eigenvalue weighted by Crippen LogP contribution is -2.53. The second kappa shape index (κ2) is 11.1. The smallest absolute Gasteiger partial charge is 0.231 e. The molecule has 2 heterocycles. The third-order valence-corrected chi connectivity index (χ3v) is 7.01. The van der Waals surface area contributed by atoms with E-state index in [9.17, 15) is 9.90 Å². The first kappa shape index (κ1) is 25.8. The molecule has 3 aliphatic rings. The molecule has 8 heteroatoms. The summed E-state index contributed by atoms with van der Waals surface area (Å²) >= 11 is 0. The summed E-state index contributed by atoms with van der Waals surface area (Å²) in [6.07, 6.45) is 2.92. The van der Waals surface area contributed by atoms with Crippen LogP contribution in [0.1, 0.15) is 30.4 Å². The Balaban J connectivity index is 0.00000153. The standard InChI is InChI=1S/C25H30N2O4.2ClH/c28-24(25(29,21-7-4-8-21)20-5-2-1-3-6-20)17-27-13-11-26(12-14-27)16-19-9-10-22-23(15-19)31-18-30-22;;/h1-3,5-6,9-10,15,21,29H,4,7-8,11-14,16-18H2;2*1H. The van der Waals surface area contributed by atoms with Gasteiger partial charge in [-0.25, -0.2) is 0 Å². The van der Waals surface area contributed by atoms with Crippen molar-refractivity contribution < 1.29 is 19.4 Å². The number of ketones is 1.